The molecule has 9 nitrogen and oxygen atoms in total. The Morgan fingerprint density at radius 1 is 1.06 bits per heavy atom. The molecule has 1 aliphatic heterocycles. The summed E-state index contributed by atoms with van der Waals surface area (Å²) in [5, 5.41) is 3.90. The summed E-state index contributed by atoms with van der Waals surface area (Å²) in [6.45, 7) is 6.54. The van der Waals surface area contributed by atoms with Crippen molar-refractivity contribution in [2.45, 2.75) is 63.2 Å². The Labute approximate surface area is 210 Å². The summed E-state index contributed by atoms with van der Waals surface area (Å²) in [6, 6.07) is 6.43. The van der Waals surface area contributed by atoms with Gasteiger partial charge in [-0.3, -0.25) is 4.79 Å². The third-order valence-electron chi connectivity index (χ3n) is 6.40. The lowest BCUT2D eigenvalue weighted by atomic mass is 9.85. The highest BCUT2D eigenvalue weighted by Crippen LogP contribution is 2.29. The smallest absolute Gasteiger partial charge is 0.407 e. The van der Waals surface area contributed by atoms with E-state index in [0.29, 0.717) is 54.8 Å². The van der Waals surface area contributed by atoms with Crippen LogP contribution < -0.4 is 5.32 Å². The molecule has 2 amide bonds. The minimum Gasteiger partial charge on any atom is -0.444 e. The van der Waals surface area contributed by atoms with Gasteiger partial charge in [-0.15, -0.1) is 0 Å². The molecule has 0 radical (unpaired) electrons. The van der Waals surface area contributed by atoms with Gasteiger partial charge in [0.1, 0.15) is 11.2 Å². The molecule has 1 aromatic carbocycles. The molecule has 1 saturated heterocycles. The number of sulfonamides is 1. The Kier molecular flexibility index (Phi) is 7.36. The van der Waals surface area contributed by atoms with Crippen molar-refractivity contribution in [1.29, 1.82) is 0 Å². The van der Waals surface area contributed by atoms with Crippen LogP contribution in [0.2, 0.25) is 5.02 Å². The number of alkyl carbamates (subject to hydrolysis) is 1. The van der Waals surface area contributed by atoms with Crippen LogP contribution in [-0.4, -0.2) is 67.4 Å². The van der Waals surface area contributed by atoms with E-state index in [1.54, 1.807) is 23.1 Å². The predicted molar refractivity (Wildman–Crippen MR) is 132 cm³/mol. The van der Waals surface area contributed by atoms with Crippen LogP contribution in [0.25, 0.3) is 11.0 Å². The zero-order chi connectivity index (χ0) is 25.4. The van der Waals surface area contributed by atoms with Crippen LogP contribution in [0, 0.1) is 5.92 Å². The van der Waals surface area contributed by atoms with E-state index in [9.17, 15) is 18.0 Å². The first-order valence-corrected chi connectivity index (χ1v) is 13.7. The number of halogens is 1. The Morgan fingerprint density at radius 2 is 1.71 bits per heavy atom. The van der Waals surface area contributed by atoms with E-state index in [2.05, 4.69) is 5.32 Å². The maximum absolute atomic E-state index is 13.1. The van der Waals surface area contributed by atoms with E-state index in [1.807, 2.05) is 20.8 Å². The number of amides is 2. The van der Waals surface area contributed by atoms with E-state index < -0.39 is 21.7 Å². The Bertz CT molecular complexity index is 1190. The number of nitrogens with zero attached hydrogens (tertiary/aromatic N) is 2. The lowest BCUT2D eigenvalue weighted by Crippen LogP contribution is -2.52. The van der Waals surface area contributed by atoms with Gasteiger partial charge in [-0.1, -0.05) is 11.6 Å². The monoisotopic (exact) mass is 525 g/mol. The summed E-state index contributed by atoms with van der Waals surface area (Å²) in [5.41, 5.74) is -0.0936. The minimum atomic E-state index is -3.81. The van der Waals surface area contributed by atoms with Crippen molar-refractivity contribution in [2.75, 3.05) is 26.2 Å². The minimum absolute atomic E-state index is 0.00502. The number of piperazine rings is 1. The second kappa shape index (κ2) is 9.99. The number of benzene rings is 1. The Morgan fingerprint density at radius 3 is 2.34 bits per heavy atom. The lowest BCUT2D eigenvalue weighted by Gasteiger charge is -2.37. The molecule has 192 valence electrons. The van der Waals surface area contributed by atoms with Crippen molar-refractivity contribution < 1.29 is 27.2 Å². The summed E-state index contributed by atoms with van der Waals surface area (Å²) < 4.78 is 38.4. The van der Waals surface area contributed by atoms with Crippen molar-refractivity contribution >= 4 is 44.6 Å². The number of hydrogen-bond donors (Lipinski definition) is 1. The van der Waals surface area contributed by atoms with Gasteiger partial charge in [0.15, 0.2) is 0 Å². The molecular weight excluding hydrogens is 494 g/mol. The van der Waals surface area contributed by atoms with Gasteiger partial charge in [-0.25, -0.2) is 13.2 Å². The second-order valence-electron chi connectivity index (χ2n) is 10.2. The van der Waals surface area contributed by atoms with Crippen molar-refractivity contribution in [2.24, 2.45) is 5.92 Å². The maximum Gasteiger partial charge on any atom is 0.407 e. The zero-order valence-corrected chi connectivity index (χ0v) is 21.8. The van der Waals surface area contributed by atoms with Crippen LogP contribution in [-0.2, 0) is 19.6 Å². The highest BCUT2D eigenvalue weighted by Gasteiger charge is 2.36. The number of hydrogen-bond acceptors (Lipinski definition) is 6. The largest absolute Gasteiger partial charge is 0.444 e. The van der Waals surface area contributed by atoms with Crippen molar-refractivity contribution in [3.63, 3.8) is 0 Å². The molecule has 35 heavy (non-hydrogen) atoms. The quantitative estimate of drug-likeness (QED) is 0.646. The van der Waals surface area contributed by atoms with Crippen LogP contribution in [0.3, 0.4) is 0 Å². The van der Waals surface area contributed by atoms with Gasteiger partial charge in [-0.05, 0) is 64.7 Å². The lowest BCUT2D eigenvalue weighted by molar-refractivity contribution is -0.137. The van der Waals surface area contributed by atoms with Gasteiger partial charge >= 0.3 is 6.09 Å². The van der Waals surface area contributed by atoms with E-state index in [-0.39, 0.29) is 36.0 Å². The molecule has 2 aliphatic rings. The van der Waals surface area contributed by atoms with E-state index >= 15 is 0 Å². The SMILES string of the molecule is CC(C)(C)OC(=O)NC1CCC(C(=O)N2CCN(S(=O)(=O)c3cc4cc(Cl)ccc4o3)CC2)CC1. The van der Waals surface area contributed by atoms with E-state index in [1.165, 1.54) is 10.4 Å². The highest BCUT2D eigenvalue weighted by molar-refractivity contribution is 7.89. The fourth-order valence-electron chi connectivity index (χ4n) is 4.61. The normalized spacial score (nSPS) is 22.2. The average molecular weight is 526 g/mol. The van der Waals surface area contributed by atoms with Gasteiger partial charge in [0.2, 0.25) is 11.0 Å². The molecule has 1 aliphatic carbocycles. The van der Waals surface area contributed by atoms with E-state index in [0.717, 1.165) is 0 Å². The summed E-state index contributed by atoms with van der Waals surface area (Å²) in [4.78, 5) is 26.8. The zero-order valence-electron chi connectivity index (χ0n) is 20.3. The fourth-order valence-corrected chi connectivity index (χ4v) is 6.16. The number of nitrogens with one attached hydrogen (secondary N) is 1. The topological polar surface area (TPSA) is 109 Å². The third kappa shape index (κ3) is 6.10. The number of furan rings is 1. The maximum atomic E-state index is 13.1. The van der Waals surface area contributed by atoms with Crippen LogP contribution >= 0.6 is 11.6 Å². The first kappa shape index (κ1) is 25.8. The average Bonchev–Trinajstić information content (AvgIpc) is 3.22. The summed E-state index contributed by atoms with van der Waals surface area (Å²) in [7, 11) is -3.81. The Hall–Kier alpha value is -2.30. The molecule has 2 aromatic rings. The first-order chi connectivity index (χ1) is 16.4. The molecule has 0 spiro atoms. The van der Waals surface area contributed by atoms with Gasteiger partial charge in [0.25, 0.3) is 10.0 Å². The molecular formula is C24H32ClN3O6S. The van der Waals surface area contributed by atoms with Crippen LogP contribution in [0.4, 0.5) is 4.79 Å². The molecule has 2 fully saturated rings. The number of ether oxygens (including phenoxy) is 1. The summed E-state index contributed by atoms with van der Waals surface area (Å²) in [6.07, 6.45) is 2.34. The Balaban J connectivity index is 1.28. The number of fused-ring (bicyclic) bond motifs is 1. The number of rotatable bonds is 4. The molecule has 11 heteroatoms. The van der Waals surface area contributed by atoms with Crippen molar-refractivity contribution in [3.05, 3.63) is 29.3 Å². The summed E-state index contributed by atoms with van der Waals surface area (Å²) in [5.74, 6) is -0.0638. The number of carbonyl (C=O) groups excluding carboxylic acids is 2. The molecule has 1 saturated carbocycles. The van der Waals surface area contributed by atoms with Crippen LogP contribution in [0.5, 0.6) is 0 Å². The standard InChI is InChI=1S/C24H32ClN3O6S/c1-24(2,3)34-23(30)26-19-7-4-16(5-8-19)22(29)27-10-12-28(13-11-27)35(31,32)21-15-17-14-18(25)6-9-20(17)33-21/h6,9,14-16,19H,4-5,7-8,10-13H2,1-3H3,(H,26,30). The molecule has 0 unspecified atom stereocenters. The molecule has 0 atom stereocenters. The molecule has 1 aromatic heterocycles. The molecule has 4 rings (SSSR count). The van der Waals surface area contributed by atoms with Gasteiger partial charge in [-0.2, -0.15) is 4.31 Å². The van der Waals surface area contributed by atoms with Gasteiger partial charge in [0, 0.05) is 54.6 Å². The molecule has 2 heterocycles. The first-order valence-electron chi connectivity index (χ1n) is 11.9. The highest BCUT2D eigenvalue weighted by atomic mass is 35.5. The van der Waals surface area contributed by atoms with Crippen molar-refractivity contribution in [3.8, 4) is 0 Å². The summed E-state index contributed by atoms with van der Waals surface area (Å²) >= 11 is 5.99. The molecule has 0 bridgehead atoms. The van der Waals surface area contributed by atoms with Gasteiger partial charge < -0.3 is 19.4 Å². The second-order valence-corrected chi connectivity index (χ2v) is 12.5. The predicted octanol–water partition coefficient (Wildman–Crippen LogP) is 4.00. The number of carbonyl (C=O) groups is 2. The van der Waals surface area contributed by atoms with E-state index in [4.69, 9.17) is 20.8 Å². The van der Waals surface area contributed by atoms with Crippen molar-refractivity contribution in [1.82, 2.24) is 14.5 Å². The van der Waals surface area contributed by atoms with Crippen LogP contribution in [0.1, 0.15) is 46.5 Å². The molecule has 1 N–H and O–H groups in total. The van der Waals surface area contributed by atoms with Crippen LogP contribution in [0.15, 0.2) is 33.8 Å². The third-order valence-corrected chi connectivity index (χ3v) is 8.39. The van der Waals surface area contributed by atoms with Gasteiger partial charge in [0.05, 0.1) is 0 Å². The fraction of sp³-hybridized carbons (Fsp3) is 0.583.